The van der Waals surface area contributed by atoms with E-state index in [1.807, 2.05) is 6.92 Å². The molecule has 0 amide bonds. The smallest absolute Gasteiger partial charge is 0.247 e. The second kappa shape index (κ2) is 7.32. The Morgan fingerprint density at radius 1 is 0.654 bits per heavy atom. The molecule has 3 heteroatoms. The lowest BCUT2D eigenvalue weighted by atomic mass is 9.67. The molecule has 4 rings (SSSR count). The third kappa shape index (κ3) is 3.34. The summed E-state index contributed by atoms with van der Waals surface area (Å²) >= 11 is 0. The number of fused-ring (bicyclic) bond motifs is 1. The molecule has 4 saturated carbocycles. The normalized spacial score (nSPS) is 51.8. The topological polar surface area (TPSA) is 0 Å². The summed E-state index contributed by atoms with van der Waals surface area (Å²) in [5.41, 5.74) is 0. The summed E-state index contributed by atoms with van der Waals surface area (Å²) in [6.45, 7) is 4.17. The van der Waals surface area contributed by atoms with E-state index < -0.39 is 23.9 Å². The standard InChI is InChI=1S/C23H37F3/c1-14-3-6-16(7-4-14)17-9-11-18(12-10-17)20-13-19-8-5-15(2)22(24)21(19)23(20,25)26/h14-22H,3-13H2,1-2H3. The average molecular weight is 371 g/mol. The molecule has 0 bridgehead atoms. The van der Waals surface area contributed by atoms with Gasteiger partial charge in [0.2, 0.25) is 0 Å². The second-order valence-corrected chi connectivity index (χ2v) is 10.5. The molecule has 26 heavy (non-hydrogen) atoms. The van der Waals surface area contributed by atoms with Gasteiger partial charge in [-0.3, -0.25) is 0 Å². The number of halogens is 3. The van der Waals surface area contributed by atoms with Crippen molar-refractivity contribution in [2.75, 3.05) is 0 Å². The first-order valence-electron chi connectivity index (χ1n) is 11.4. The summed E-state index contributed by atoms with van der Waals surface area (Å²) in [4.78, 5) is 0. The van der Waals surface area contributed by atoms with Gasteiger partial charge >= 0.3 is 0 Å². The van der Waals surface area contributed by atoms with Crippen LogP contribution in [-0.4, -0.2) is 12.1 Å². The first-order valence-corrected chi connectivity index (χ1v) is 11.4. The second-order valence-electron chi connectivity index (χ2n) is 10.5. The third-order valence-corrected chi connectivity index (χ3v) is 9.00. The fourth-order valence-electron chi connectivity index (χ4n) is 7.23. The Labute approximate surface area is 157 Å². The number of hydrogen-bond acceptors (Lipinski definition) is 0. The van der Waals surface area contributed by atoms with Crippen LogP contribution >= 0.6 is 0 Å². The molecule has 0 aliphatic heterocycles. The SMILES string of the molecule is CC1CCC(C2CCC(C3CC4CCC(C)C(F)C4C3(F)F)CC2)CC1. The van der Waals surface area contributed by atoms with E-state index in [4.69, 9.17) is 0 Å². The Balaban J connectivity index is 1.37. The molecule has 4 aliphatic rings. The number of rotatable bonds is 2. The van der Waals surface area contributed by atoms with Crippen molar-refractivity contribution in [3.8, 4) is 0 Å². The van der Waals surface area contributed by atoms with Gasteiger partial charge in [-0.05, 0) is 93.3 Å². The molecule has 0 spiro atoms. The fourth-order valence-corrected chi connectivity index (χ4v) is 7.23. The zero-order valence-corrected chi connectivity index (χ0v) is 16.6. The van der Waals surface area contributed by atoms with E-state index >= 15 is 8.78 Å². The van der Waals surface area contributed by atoms with Crippen LogP contribution in [0.3, 0.4) is 0 Å². The van der Waals surface area contributed by atoms with Crippen molar-refractivity contribution < 1.29 is 13.2 Å². The van der Waals surface area contributed by atoms with Gasteiger partial charge in [-0.15, -0.1) is 0 Å². The van der Waals surface area contributed by atoms with E-state index in [2.05, 4.69) is 6.92 Å². The van der Waals surface area contributed by atoms with Crippen molar-refractivity contribution in [2.45, 2.75) is 96.6 Å². The van der Waals surface area contributed by atoms with E-state index in [9.17, 15) is 4.39 Å². The monoisotopic (exact) mass is 370 g/mol. The van der Waals surface area contributed by atoms with E-state index in [1.165, 1.54) is 25.7 Å². The Kier molecular flexibility index (Phi) is 5.38. The molecule has 0 saturated heterocycles. The first kappa shape index (κ1) is 19.1. The molecule has 0 aromatic rings. The molecule has 0 nitrogen and oxygen atoms in total. The van der Waals surface area contributed by atoms with Crippen molar-refractivity contribution in [3.05, 3.63) is 0 Å². The van der Waals surface area contributed by atoms with E-state index in [0.29, 0.717) is 6.42 Å². The minimum Gasteiger partial charge on any atom is -0.247 e. The number of alkyl halides is 3. The highest BCUT2D eigenvalue weighted by atomic mass is 19.3. The molecule has 0 aromatic carbocycles. The highest BCUT2D eigenvalue weighted by Gasteiger charge is 2.63. The van der Waals surface area contributed by atoms with Gasteiger partial charge in [0.15, 0.2) is 0 Å². The molecule has 4 aliphatic carbocycles. The van der Waals surface area contributed by atoms with Gasteiger partial charge in [0, 0.05) is 5.92 Å². The van der Waals surface area contributed by atoms with Crippen LogP contribution in [0.4, 0.5) is 13.2 Å². The molecular formula is C23H37F3. The summed E-state index contributed by atoms with van der Waals surface area (Å²) in [7, 11) is 0. The lowest BCUT2D eigenvalue weighted by molar-refractivity contribution is -0.136. The van der Waals surface area contributed by atoms with Gasteiger partial charge in [0.25, 0.3) is 5.92 Å². The van der Waals surface area contributed by atoms with E-state index in [1.54, 1.807) is 0 Å². The minimum atomic E-state index is -2.78. The lowest BCUT2D eigenvalue weighted by Gasteiger charge is -2.40. The maximum atomic E-state index is 15.2. The Morgan fingerprint density at radius 2 is 1.15 bits per heavy atom. The van der Waals surface area contributed by atoms with Crippen molar-refractivity contribution in [2.24, 2.45) is 47.3 Å². The molecule has 0 N–H and O–H groups in total. The van der Waals surface area contributed by atoms with E-state index in [0.717, 1.165) is 56.3 Å². The van der Waals surface area contributed by atoms with Crippen LogP contribution in [-0.2, 0) is 0 Å². The predicted molar refractivity (Wildman–Crippen MR) is 99.9 cm³/mol. The van der Waals surface area contributed by atoms with Gasteiger partial charge in [-0.25, -0.2) is 13.2 Å². The van der Waals surface area contributed by atoms with Crippen LogP contribution in [0.5, 0.6) is 0 Å². The van der Waals surface area contributed by atoms with Gasteiger partial charge in [0.05, 0.1) is 5.92 Å². The maximum Gasteiger partial charge on any atom is 0.257 e. The van der Waals surface area contributed by atoms with Gasteiger partial charge < -0.3 is 0 Å². The van der Waals surface area contributed by atoms with Gasteiger partial charge in [0.1, 0.15) is 6.17 Å². The molecule has 5 atom stereocenters. The molecule has 150 valence electrons. The van der Waals surface area contributed by atoms with E-state index in [-0.39, 0.29) is 17.8 Å². The summed E-state index contributed by atoms with van der Waals surface area (Å²) in [5, 5.41) is 0. The molecule has 0 aromatic heterocycles. The average Bonchev–Trinajstić information content (AvgIpc) is 2.90. The molecule has 5 unspecified atom stereocenters. The highest BCUT2D eigenvalue weighted by Crippen LogP contribution is 2.60. The van der Waals surface area contributed by atoms with Crippen molar-refractivity contribution >= 4 is 0 Å². The molecule has 0 heterocycles. The van der Waals surface area contributed by atoms with Crippen LogP contribution in [0.15, 0.2) is 0 Å². The summed E-state index contributed by atoms with van der Waals surface area (Å²) < 4.78 is 45.0. The Hall–Kier alpha value is -0.210. The lowest BCUT2D eigenvalue weighted by Crippen LogP contribution is -2.44. The Bertz CT molecular complexity index is 474. The number of hydrogen-bond donors (Lipinski definition) is 0. The zero-order valence-electron chi connectivity index (χ0n) is 16.6. The summed E-state index contributed by atoms with van der Waals surface area (Å²) in [6, 6.07) is 0. The van der Waals surface area contributed by atoms with Gasteiger partial charge in [-0.2, -0.15) is 0 Å². The zero-order chi connectivity index (χ0) is 18.5. The fraction of sp³-hybridized carbons (Fsp3) is 1.00. The van der Waals surface area contributed by atoms with Crippen LogP contribution < -0.4 is 0 Å². The first-order chi connectivity index (χ1) is 12.4. The molecule has 4 fully saturated rings. The molecular weight excluding hydrogens is 333 g/mol. The minimum absolute atomic E-state index is 0.0706. The van der Waals surface area contributed by atoms with Crippen LogP contribution in [0.1, 0.15) is 84.5 Å². The van der Waals surface area contributed by atoms with Crippen LogP contribution in [0, 0.1) is 47.3 Å². The highest BCUT2D eigenvalue weighted by molar-refractivity contribution is 5.05. The quantitative estimate of drug-likeness (QED) is 0.479. The largest absolute Gasteiger partial charge is 0.257 e. The predicted octanol–water partition coefficient (Wildman–Crippen LogP) is 7.27. The summed E-state index contributed by atoms with van der Waals surface area (Å²) in [6.07, 6.45) is 10.5. The van der Waals surface area contributed by atoms with Crippen molar-refractivity contribution in [1.29, 1.82) is 0 Å². The van der Waals surface area contributed by atoms with Crippen LogP contribution in [0.25, 0.3) is 0 Å². The van der Waals surface area contributed by atoms with Crippen LogP contribution in [0.2, 0.25) is 0 Å². The maximum absolute atomic E-state index is 15.2. The summed E-state index contributed by atoms with van der Waals surface area (Å²) in [5.74, 6) is -1.96. The van der Waals surface area contributed by atoms with Crippen molar-refractivity contribution in [3.63, 3.8) is 0 Å². The van der Waals surface area contributed by atoms with Gasteiger partial charge in [-0.1, -0.05) is 26.7 Å². The molecule has 0 radical (unpaired) electrons. The third-order valence-electron chi connectivity index (χ3n) is 9.00. The Morgan fingerprint density at radius 3 is 1.77 bits per heavy atom. The van der Waals surface area contributed by atoms with Crippen molar-refractivity contribution in [1.82, 2.24) is 0 Å².